The molecule has 7 nitrogen and oxygen atoms in total. The number of carbonyl (C=O) groups is 1. The van der Waals surface area contributed by atoms with Gasteiger partial charge < -0.3 is 10.2 Å². The summed E-state index contributed by atoms with van der Waals surface area (Å²) in [5.41, 5.74) is 3.02. The van der Waals surface area contributed by atoms with E-state index in [4.69, 9.17) is 0 Å². The van der Waals surface area contributed by atoms with E-state index in [0.717, 1.165) is 5.56 Å². The number of anilines is 2. The Morgan fingerprint density at radius 3 is 2.70 bits per heavy atom. The summed E-state index contributed by atoms with van der Waals surface area (Å²) in [5, 5.41) is 5.35. The van der Waals surface area contributed by atoms with E-state index < -0.39 is 10.0 Å². The number of rotatable bonds is 7. The quantitative estimate of drug-likeness (QED) is 0.587. The van der Waals surface area contributed by atoms with E-state index in [9.17, 15) is 13.2 Å². The summed E-state index contributed by atoms with van der Waals surface area (Å²) in [7, 11) is -3.71. The lowest BCUT2D eigenvalue weighted by Gasteiger charge is -2.18. The summed E-state index contributed by atoms with van der Waals surface area (Å²) < 4.78 is 27.4. The van der Waals surface area contributed by atoms with Crippen LogP contribution in [0.3, 0.4) is 0 Å². The minimum atomic E-state index is -3.71. The van der Waals surface area contributed by atoms with E-state index in [1.54, 1.807) is 22.4 Å². The lowest BCUT2D eigenvalue weighted by molar-refractivity contribution is -0.118. The van der Waals surface area contributed by atoms with E-state index in [1.807, 2.05) is 25.1 Å². The third kappa shape index (κ3) is 4.53. The zero-order chi connectivity index (χ0) is 21.1. The van der Waals surface area contributed by atoms with E-state index in [-0.39, 0.29) is 16.8 Å². The fourth-order valence-electron chi connectivity index (χ4n) is 3.44. The Morgan fingerprint density at radius 2 is 2.00 bits per heavy atom. The molecule has 0 saturated carbocycles. The summed E-state index contributed by atoms with van der Waals surface area (Å²) in [6.07, 6.45) is 2.24. The van der Waals surface area contributed by atoms with Gasteiger partial charge in [-0.3, -0.25) is 9.52 Å². The average molecular weight is 443 g/mol. The van der Waals surface area contributed by atoms with Crippen LogP contribution in [-0.2, 0) is 21.4 Å². The maximum absolute atomic E-state index is 12.8. The van der Waals surface area contributed by atoms with Crippen molar-refractivity contribution >= 4 is 38.1 Å². The molecular weight excluding hydrogens is 420 g/mol. The number of nitrogens with zero attached hydrogens (tertiary/aromatic N) is 2. The molecule has 0 radical (unpaired) electrons. The molecule has 1 atom stereocenters. The first-order valence-corrected chi connectivity index (χ1v) is 11.9. The van der Waals surface area contributed by atoms with Crippen LogP contribution in [0.1, 0.15) is 17.5 Å². The van der Waals surface area contributed by atoms with E-state index >= 15 is 0 Å². The van der Waals surface area contributed by atoms with Gasteiger partial charge in [-0.05, 0) is 43.2 Å². The fourth-order valence-corrected chi connectivity index (χ4v) is 5.23. The van der Waals surface area contributed by atoms with Gasteiger partial charge in [-0.1, -0.05) is 29.8 Å². The average Bonchev–Trinajstić information content (AvgIpc) is 3.36. The fraction of sp³-hybridized carbons (Fsp3) is 0.238. The molecule has 1 aliphatic rings. The van der Waals surface area contributed by atoms with Gasteiger partial charge in [0.1, 0.15) is 0 Å². The molecule has 0 spiro atoms. The van der Waals surface area contributed by atoms with Crippen LogP contribution in [0, 0.1) is 6.92 Å². The lowest BCUT2D eigenvalue weighted by Crippen LogP contribution is -2.38. The Balaban J connectivity index is 1.40. The first-order chi connectivity index (χ1) is 14.4. The van der Waals surface area contributed by atoms with E-state index in [0.29, 0.717) is 30.3 Å². The molecule has 2 heterocycles. The monoisotopic (exact) mass is 442 g/mol. The molecule has 1 fully saturated rings. The Hall–Kier alpha value is -2.75. The zero-order valence-corrected chi connectivity index (χ0v) is 18.0. The molecule has 3 aromatic rings. The third-order valence-electron chi connectivity index (χ3n) is 4.95. The van der Waals surface area contributed by atoms with Crippen molar-refractivity contribution in [3.05, 3.63) is 71.2 Å². The summed E-state index contributed by atoms with van der Waals surface area (Å²) >= 11 is 1.21. The van der Waals surface area contributed by atoms with Crippen molar-refractivity contribution in [2.45, 2.75) is 30.8 Å². The molecule has 0 bridgehead atoms. The van der Waals surface area contributed by atoms with Crippen molar-refractivity contribution in [3.8, 4) is 0 Å². The second kappa shape index (κ2) is 8.55. The number of benzene rings is 2. The van der Waals surface area contributed by atoms with Gasteiger partial charge in [-0.2, -0.15) is 0 Å². The number of hydrogen-bond donors (Lipinski definition) is 2. The van der Waals surface area contributed by atoms with Crippen LogP contribution in [0.4, 0.5) is 10.8 Å². The molecule has 1 aromatic heterocycles. The van der Waals surface area contributed by atoms with Gasteiger partial charge in [-0.15, -0.1) is 11.3 Å². The number of sulfonamides is 1. The second-order valence-electron chi connectivity index (χ2n) is 7.14. The highest BCUT2D eigenvalue weighted by Gasteiger charge is 2.32. The smallest absolute Gasteiger partial charge is 0.263 e. The molecule has 1 amide bonds. The molecular formula is C21H22N4O3S2. The Morgan fingerprint density at radius 1 is 1.20 bits per heavy atom. The minimum absolute atomic E-state index is 0.000768. The maximum atomic E-state index is 12.8. The van der Waals surface area contributed by atoms with Gasteiger partial charge in [-0.25, -0.2) is 13.4 Å². The van der Waals surface area contributed by atoms with Crippen LogP contribution in [0.15, 0.2) is 65.0 Å². The van der Waals surface area contributed by atoms with Gasteiger partial charge in [0.2, 0.25) is 5.91 Å². The van der Waals surface area contributed by atoms with Crippen molar-refractivity contribution in [2.75, 3.05) is 16.2 Å². The highest BCUT2D eigenvalue weighted by molar-refractivity contribution is 7.93. The van der Waals surface area contributed by atoms with Gasteiger partial charge in [0.25, 0.3) is 10.0 Å². The molecule has 4 rings (SSSR count). The normalized spacial score (nSPS) is 16.8. The van der Waals surface area contributed by atoms with Crippen molar-refractivity contribution in [1.29, 1.82) is 0 Å². The molecule has 2 aromatic carbocycles. The van der Waals surface area contributed by atoms with Crippen molar-refractivity contribution in [1.82, 2.24) is 10.3 Å². The zero-order valence-electron chi connectivity index (χ0n) is 16.4. The molecule has 0 aliphatic carbocycles. The first-order valence-electron chi connectivity index (χ1n) is 9.55. The molecule has 1 aliphatic heterocycles. The summed E-state index contributed by atoms with van der Waals surface area (Å²) in [4.78, 5) is 18.6. The van der Waals surface area contributed by atoms with Crippen LogP contribution in [0.5, 0.6) is 0 Å². The van der Waals surface area contributed by atoms with Crippen molar-refractivity contribution in [2.24, 2.45) is 0 Å². The molecule has 1 saturated heterocycles. The van der Waals surface area contributed by atoms with Gasteiger partial charge in [0.15, 0.2) is 5.13 Å². The highest BCUT2D eigenvalue weighted by Crippen LogP contribution is 2.25. The number of hydrogen-bond acceptors (Lipinski definition) is 6. The van der Waals surface area contributed by atoms with Crippen LogP contribution in [0.25, 0.3) is 0 Å². The topological polar surface area (TPSA) is 91.4 Å². The van der Waals surface area contributed by atoms with E-state index in [2.05, 4.69) is 21.1 Å². The van der Waals surface area contributed by atoms with Gasteiger partial charge in [0, 0.05) is 30.4 Å². The summed E-state index contributed by atoms with van der Waals surface area (Å²) in [6, 6.07) is 14.3. The Labute approximate surface area is 179 Å². The standard InChI is InChI=1S/C21H22N4O3S2/c1-15-3-2-4-16(13-15)14-23-19-9-11-25(20(19)26)17-5-7-18(8-6-17)30(27,28)24-21-22-10-12-29-21/h2-8,10,12-13,19,23H,9,11,14H2,1H3,(H,22,24). The van der Waals surface area contributed by atoms with Crippen LogP contribution in [0.2, 0.25) is 0 Å². The van der Waals surface area contributed by atoms with Crippen LogP contribution in [-0.4, -0.2) is 31.9 Å². The molecule has 2 N–H and O–H groups in total. The molecule has 30 heavy (non-hydrogen) atoms. The van der Waals surface area contributed by atoms with E-state index in [1.165, 1.54) is 35.2 Å². The Kier molecular flexibility index (Phi) is 5.85. The van der Waals surface area contributed by atoms with Gasteiger partial charge in [0.05, 0.1) is 10.9 Å². The highest BCUT2D eigenvalue weighted by atomic mass is 32.2. The van der Waals surface area contributed by atoms with Crippen LogP contribution >= 0.6 is 11.3 Å². The van der Waals surface area contributed by atoms with Crippen molar-refractivity contribution in [3.63, 3.8) is 0 Å². The number of nitrogens with one attached hydrogen (secondary N) is 2. The lowest BCUT2D eigenvalue weighted by atomic mass is 10.1. The number of aryl methyl sites for hydroxylation is 1. The number of aromatic nitrogens is 1. The predicted octanol–water partition coefficient (Wildman–Crippen LogP) is 3.15. The largest absolute Gasteiger partial charge is 0.311 e. The predicted molar refractivity (Wildman–Crippen MR) is 118 cm³/mol. The maximum Gasteiger partial charge on any atom is 0.263 e. The van der Waals surface area contributed by atoms with Crippen molar-refractivity contribution < 1.29 is 13.2 Å². The third-order valence-corrected chi connectivity index (χ3v) is 7.13. The number of carbonyl (C=O) groups excluding carboxylic acids is 1. The van der Waals surface area contributed by atoms with Crippen LogP contribution < -0.4 is 14.9 Å². The SMILES string of the molecule is Cc1cccc(CNC2CCN(c3ccc(S(=O)(=O)Nc4nccs4)cc3)C2=O)c1. The molecule has 1 unspecified atom stereocenters. The Bertz CT molecular complexity index is 1130. The number of thiazole rings is 1. The molecule has 9 heteroatoms. The summed E-state index contributed by atoms with van der Waals surface area (Å²) in [6.45, 7) is 3.27. The molecule has 156 valence electrons. The second-order valence-corrected chi connectivity index (χ2v) is 9.71. The first kappa shape index (κ1) is 20.5. The number of amides is 1. The summed E-state index contributed by atoms with van der Waals surface area (Å²) in [5.74, 6) is -0.000768. The minimum Gasteiger partial charge on any atom is -0.311 e. The van der Waals surface area contributed by atoms with Gasteiger partial charge >= 0.3 is 0 Å².